The number of hydrogen-bond donors (Lipinski definition) is 0. The van der Waals surface area contributed by atoms with Gasteiger partial charge >= 0.3 is 0 Å². The van der Waals surface area contributed by atoms with Crippen LogP contribution in [0.15, 0.2) is 42.5 Å². The van der Waals surface area contributed by atoms with Crippen molar-refractivity contribution in [1.82, 2.24) is 0 Å². The van der Waals surface area contributed by atoms with Crippen LogP contribution in [-0.4, -0.2) is 25.9 Å². The van der Waals surface area contributed by atoms with E-state index in [1.165, 1.54) is 6.07 Å². The van der Waals surface area contributed by atoms with Crippen LogP contribution in [-0.2, 0) is 27.1 Å². The molecule has 3 aromatic carbocycles. The van der Waals surface area contributed by atoms with Crippen molar-refractivity contribution in [2.45, 2.75) is 45.0 Å². The van der Waals surface area contributed by atoms with Crippen molar-refractivity contribution in [2.75, 3.05) is 19.8 Å². The number of rotatable bonds is 8. The second-order valence-electron chi connectivity index (χ2n) is 8.41. The average Bonchev–Trinajstić information content (AvgIpc) is 2.84. The van der Waals surface area contributed by atoms with Crippen LogP contribution in [0.2, 0.25) is 0 Å². The molecule has 1 aliphatic heterocycles. The molecule has 0 aromatic heterocycles. The third-order valence-electron chi connectivity index (χ3n) is 5.95. The molecule has 4 nitrogen and oxygen atoms in total. The van der Waals surface area contributed by atoms with E-state index in [1.807, 2.05) is 12.1 Å². The monoisotopic (exact) mass is 469 g/mol. The van der Waals surface area contributed by atoms with Gasteiger partial charge in [0.2, 0.25) is 0 Å². The number of nitriles is 1. The lowest BCUT2D eigenvalue weighted by molar-refractivity contribution is -0.230. The quantitative estimate of drug-likeness (QED) is 0.372. The summed E-state index contributed by atoms with van der Waals surface area (Å²) < 4.78 is 60.2. The summed E-state index contributed by atoms with van der Waals surface area (Å²) in [4.78, 5) is 0. The Hall–Kier alpha value is -2.92. The number of halogens is 3. The van der Waals surface area contributed by atoms with Gasteiger partial charge in [0, 0.05) is 17.6 Å². The number of unbranched alkanes of at least 4 members (excludes halogenated alkanes) is 1. The van der Waals surface area contributed by atoms with Gasteiger partial charge < -0.3 is 14.2 Å². The maximum atomic E-state index is 15.2. The average molecular weight is 470 g/mol. The molecule has 3 aromatic rings. The van der Waals surface area contributed by atoms with Gasteiger partial charge in [-0.25, -0.2) is 13.2 Å². The SMILES string of the molecule is CCCCOC1COC(c2ccc3c(F)c(CCc4cc(F)c(C#N)c(F)c4)ccc3c2)OC1. The number of nitrogens with zero attached hydrogens (tertiary/aromatic N) is 1. The molecular weight excluding hydrogens is 443 g/mol. The fourth-order valence-corrected chi connectivity index (χ4v) is 4.02. The van der Waals surface area contributed by atoms with Crippen LogP contribution in [0.25, 0.3) is 10.8 Å². The van der Waals surface area contributed by atoms with Crippen molar-refractivity contribution in [1.29, 1.82) is 5.26 Å². The summed E-state index contributed by atoms with van der Waals surface area (Å²) >= 11 is 0. The first kappa shape index (κ1) is 24.2. The molecule has 0 unspecified atom stereocenters. The number of aryl methyl sites for hydroxylation is 2. The van der Waals surface area contributed by atoms with E-state index in [2.05, 4.69) is 6.92 Å². The van der Waals surface area contributed by atoms with E-state index in [4.69, 9.17) is 19.5 Å². The lowest BCUT2D eigenvalue weighted by atomic mass is 9.98. The van der Waals surface area contributed by atoms with E-state index in [1.54, 1.807) is 18.2 Å². The Morgan fingerprint density at radius 1 is 1.00 bits per heavy atom. The Morgan fingerprint density at radius 3 is 2.41 bits per heavy atom. The van der Waals surface area contributed by atoms with E-state index >= 15 is 4.39 Å². The fourth-order valence-electron chi connectivity index (χ4n) is 4.02. The summed E-state index contributed by atoms with van der Waals surface area (Å²) in [6.45, 7) is 3.67. The zero-order valence-electron chi connectivity index (χ0n) is 19.0. The molecule has 0 amide bonds. The molecule has 4 rings (SSSR count). The van der Waals surface area contributed by atoms with Crippen LogP contribution in [0.1, 0.15) is 48.3 Å². The molecule has 7 heteroatoms. The zero-order valence-corrected chi connectivity index (χ0v) is 19.0. The van der Waals surface area contributed by atoms with Crippen molar-refractivity contribution < 1.29 is 27.4 Å². The van der Waals surface area contributed by atoms with Crippen molar-refractivity contribution in [3.05, 3.63) is 82.2 Å². The minimum absolute atomic E-state index is 0.0821. The van der Waals surface area contributed by atoms with E-state index < -0.39 is 23.5 Å². The molecule has 1 saturated heterocycles. The molecule has 34 heavy (non-hydrogen) atoms. The highest BCUT2D eigenvalue weighted by Gasteiger charge is 2.24. The Bertz CT molecular complexity index is 1180. The van der Waals surface area contributed by atoms with Crippen LogP contribution in [0, 0.1) is 28.8 Å². The van der Waals surface area contributed by atoms with Gasteiger partial charge in [-0.15, -0.1) is 0 Å². The minimum atomic E-state index is -0.907. The van der Waals surface area contributed by atoms with Crippen molar-refractivity contribution >= 4 is 10.8 Å². The molecule has 0 atom stereocenters. The summed E-state index contributed by atoms with van der Waals surface area (Å²) in [5, 5.41) is 9.95. The predicted octanol–water partition coefficient (Wildman–Crippen LogP) is 6.14. The molecular formula is C27H26F3NO3. The standard InChI is InChI=1S/C27H26F3NO3/c1-2-3-10-32-21-15-33-27(34-16-21)20-8-9-22-19(13-20)7-6-18(26(22)30)5-4-17-11-24(28)23(14-31)25(29)12-17/h6-9,11-13,21,27H,2-5,10,15-16H2,1H3. The van der Waals surface area contributed by atoms with Crippen LogP contribution >= 0.6 is 0 Å². The first-order valence-electron chi connectivity index (χ1n) is 11.4. The Balaban J connectivity index is 1.43. The molecule has 0 saturated carbocycles. The topological polar surface area (TPSA) is 51.5 Å². The number of ether oxygens (including phenoxy) is 3. The zero-order chi connectivity index (χ0) is 24.1. The predicted molar refractivity (Wildman–Crippen MR) is 122 cm³/mol. The van der Waals surface area contributed by atoms with Crippen molar-refractivity contribution in [3.8, 4) is 6.07 Å². The van der Waals surface area contributed by atoms with Gasteiger partial charge in [-0.1, -0.05) is 37.6 Å². The second-order valence-corrected chi connectivity index (χ2v) is 8.41. The largest absolute Gasteiger partial charge is 0.373 e. The molecule has 1 heterocycles. The Morgan fingerprint density at radius 2 is 1.74 bits per heavy atom. The van der Waals surface area contributed by atoms with E-state index in [9.17, 15) is 8.78 Å². The van der Waals surface area contributed by atoms with Gasteiger partial charge in [-0.3, -0.25) is 0 Å². The number of hydrogen-bond acceptors (Lipinski definition) is 4. The maximum Gasteiger partial charge on any atom is 0.184 e. The highest BCUT2D eigenvalue weighted by atomic mass is 19.1. The molecule has 1 aliphatic rings. The summed E-state index contributed by atoms with van der Waals surface area (Å²) in [5.74, 6) is -2.18. The first-order valence-corrected chi connectivity index (χ1v) is 11.4. The summed E-state index contributed by atoms with van der Waals surface area (Å²) in [5.41, 5.74) is 1.01. The smallest absolute Gasteiger partial charge is 0.184 e. The fraction of sp³-hybridized carbons (Fsp3) is 0.370. The second kappa shape index (κ2) is 11.0. The van der Waals surface area contributed by atoms with Crippen molar-refractivity contribution in [2.24, 2.45) is 0 Å². The molecule has 0 spiro atoms. The van der Waals surface area contributed by atoms with E-state index in [-0.39, 0.29) is 24.8 Å². The molecule has 178 valence electrons. The van der Waals surface area contributed by atoms with Gasteiger partial charge in [-0.2, -0.15) is 5.26 Å². The van der Waals surface area contributed by atoms with Crippen LogP contribution in [0.3, 0.4) is 0 Å². The number of fused-ring (bicyclic) bond motifs is 1. The molecule has 0 N–H and O–H groups in total. The molecule has 0 aliphatic carbocycles. The van der Waals surface area contributed by atoms with E-state index in [0.29, 0.717) is 41.7 Å². The third-order valence-corrected chi connectivity index (χ3v) is 5.95. The van der Waals surface area contributed by atoms with Crippen LogP contribution in [0.5, 0.6) is 0 Å². The van der Waals surface area contributed by atoms with Gasteiger partial charge in [-0.05, 0) is 54.0 Å². The van der Waals surface area contributed by atoms with Gasteiger partial charge in [0.15, 0.2) is 6.29 Å². The molecule has 0 bridgehead atoms. The van der Waals surface area contributed by atoms with Crippen LogP contribution < -0.4 is 0 Å². The summed E-state index contributed by atoms with van der Waals surface area (Å²) in [6.07, 6.45) is 1.97. The lowest BCUT2D eigenvalue weighted by Gasteiger charge is -2.29. The third kappa shape index (κ3) is 5.41. The molecule has 1 fully saturated rings. The first-order chi connectivity index (χ1) is 16.5. The summed E-state index contributed by atoms with van der Waals surface area (Å²) in [6, 6.07) is 12.6. The Kier molecular flexibility index (Phi) is 7.84. The van der Waals surface area contributed by atoms with Gasteiger partial charge in [0.25, 0.3) is 0 Å². The van der Waals surface area contributed by atoms with Gasteiger partial charge in [0.1, 0.15) is 35.2 Å². The van der Waals surface area contributed by atoms with Crippen molar-refractivity contribution in [3.63, 3.8) is 0 Å². The molecule has 0 radical (unpaired) electrons. The minimum Gasteiger partial charge on any atom is -0.373 e. The summed E-state index contributed by atoms with van der Waals surface area (Å²) in [7, 11) is 0. The highest BCUT2D eigenvalue weighted by Crippen LogP contribution is 2.29. The van der Waals surface area contributed by atoms with Crippen LogP contribution in [0.4, 0.5) is 13.2 Å². The normalized spacial score (nSPS) is 18.2. The number of benzene rings is 3. The highest BCUT2D eigenvalue weighted by molar-refractivity contribution is 5.84. The van der Waals surface area contributed by atoms with Gasteiger partial charge in [0.05, 0.1) is 13.2 Å². The maximum absolute atomic E-state index is 15.2. The Labute approximate surface area is 196 Å². The van der Waals surface area contributed by atoms with E-state index in [0.717, 1.165) is 30.5 Å². The lowest BCUT2D eigenvalue weighted by Crippen LogP contribution is -2.33.